The molecule has 1 atom stereocenters. The maximum Gasteiger partial charge on any atom is 0.341 e. The number of halogens is 1. The SMILES string of the molecule is COC(=O)c1cc(C(CC(C)C)C(C)(C)I)ccc1O. The molecule has 1 rings (SSSR count). The summed E-state index contributed by atoms with van der Waals surface area (Å²) in [7, 11) is 1.32. The van der Waals surface area contributed by atoms with E-state index in [1.807, 2.05) is 6.07 Å². The van der Waals surface area contributed by atoms with Gasteiger partial charge in [0.25, 0.3) is 0 Å². The van der Waals surface area contributed by atoms with E-state index in [9.17, 15) is 9.90 Å². The standard InChI is InChI=1S/C16H23IO3/c1-10(2)8-13(16(3,4)17)11-6-7-14(18)12(9-11)15(19)20-5/h6-7,9-10,13,18H,8H2,1-5H3. The van der Waals surface area contributed by atoms with Gasteiger partial charge in [-0.15, -0.1) is 0 Å². The summed E-state index contributed by atoms with van der Waals surface area (Å²) in [5.41, 5.74) is 1.30. The third-order valence-electron chi connectivity index (χ3n) is 3.36. The van der Waals surface area contributed by atoms with E-state index in [0.717, 1.165) is 12.0 Å². The Morgan fingerprint density at radius 2 is 2.00 bits per heavy atom. The molecule has 1 unspecified atom stereocenters. The Bertz CT molecular complexity index is 475. The average molecular weight is 390 g/mol. The van der Waals surface area contributed by atoms with Crippen molar-refractivity contribution < 1.29 is 14.6 Å². The lowest BCUT2D eigenvalue weighted by atomic mass is 9.81. The maximum absolute atomic E-state index is 11.7. The van der Waals surface area contributed by atoms with Gasteiger partial charge < -0.3 is 9.84 Å². The molecule has 1 aromatic carbocycles. The number of methoxy groups -OCH3 is 1. The molecule has 0 saturated carbocycles. The predicted octanol–water partition coefficient (Wildman–Crippen LogP) is 4.52. The van der Waals surface area contributed by atoms with Gasteiger partial charge in [-0.05, 0) is 36.0 Å². The van der Waals surface area contributed by atoms with Crippen LogP contribution in [-0.4, -0.2) is 21.6 Å². The number of benzene rings is 1. The molecule has 0 saturated heterocycles. The number of carbonyl (C=O) groups excluding carboxylic acids is 1. The molecule has 0 fully saturated rings. The molecule has 20 heavy (non-hydrogen) atoms. The molecule has 1 aromatic rings. The highest BCUT2D eigenvalue weighted by atomic mass is 127. The van der Waals surface area contributed by atoms with Crippen molar-refractivity contribution >= 4 is 28.6 Å². The van der Waals surface area contributed by atoms with E-state index in [2.05, 4.69) is 50.3 Å². The van der Waals surface area contributed by atoms with Crippen LogP contribution in [0.1, 0.15) is 56.0 Å². The van der Waals surface area contributed by atoms with Crippen molar-refractivity contribution in [3.8, 4) is 5.75 Å². The quantitative estimate of drug-likeness (QED) is 0.457. The van der Waals surface area contributed by atoms with Crippen LogP contribution in [0.2, 0.25) is 0 Å². The van der Waals surface area contributed by atoms with E-state index in [1.54, 1.807) is 12.1 Å². The number of hydrogen-bond acceptors (Lipinski definition) is 3. The molecule has 0 aliphatic carbocycles. The lowest BCUT2D eigenvalue weighted by Crippen LogP contribution is -2.23. The third-order valence-corrected chi connectivity index (χ3v) is 4.12. The number of phenols is 1. The predicted molar refractivity (Wildman–Crippen MR) is 89.7 cm³/mol. The summed E-state index contributed by atoms with van der Waals surface area (Å²) in [6, 6.07) is 5.24. The van der Waals surface area contributed by atoms with Gasteiger partial charge in [0, 0.05) is 3.42 Å². The number of hydrogen-bond donors (Lipinski definition) is 1. The first-order chi connectivity index (χ1) is 9.16. The zero-order valence-corrected chi connectivity index (χ0v) is 14.9. The van der Waals surface area contributed by atoms with Gasteiger partial charge in [0.2, 0.25) is 0 Å². The number of esters is 1. The Morgan fingerprint density at radius 3 is 2.45 bits per heavy atom. The minimum atomic E-state index is -0.501. The largest absolute Gasteiger partial charge is 0.507 e. The fourth-order valence-electron chi connectivity index (χ4n) is 2.33. The molecule has 4 heteroatoms. The van der Waals surface area contributed by atoms with Gasteiger partial charge in [-0.3, -0.25) is 0 Å². The summed E-state index contributed by atoms with van der Waals surface area (Å²) >= 11 is 2.44. The van der Waals surface area contributed by atoms with Gasteiger partial charge in [0.1, 0.15) is 11.3 Å². The topological polar surface area (TPSA) is 46.5 Å². The van der Waals surface area contributed by atoms with Crippen molar-refractivity contribution in [2.75, 3.05) is 7.11 Å². The van der Waals surface area contributed by atoms with Gasteiger partial charge in [-0.25, -0.2) is 4.79 Å². The Hall–Kier alpha value is -0.780. The fourth-order valence-corrected chi connectivity index (χ4v) is 2.94. The second-order valence-electron chi connectivity index (χ2n) is 6.01. The lowest BCUT2D eigenvalue weighted by Gasteiger charge is -2.31. The van der Waals surface area contributed by atoms with Crippen molar-refractivity contribution in [3.63, 3.8) is 0 Å². The van der Waals surface area contributed by atoms with E-state index in [-0.39, 0.29) is 14.7 Å². The summed E-state index contributed by atoms with van der Waals surface area (Å²) in [4.78, 5) is 11.7. The van der Waals surface area contributed by atoms with E-state index >= 15 is 0 Å². The summed E-state index contributed by atoms with van der Waals surface area (Å²) in [5.74, 6) is 0.339. The van der Waals surface area contributed by atoms with Crippen molar-refractivity contribution in [2.24, 2.45) is 5.92 Å². The van der Waals surface area contributed by atoms with Gasteiger partial charge in [-0.2, -0.15) is 0 Å². The van der Waals surface area contributed by atoms with Crippen LogP contribution in [-0.2, 0) is 4.74 Å². The molecule has 0 amide bonds. The first-order valence-corrected chi connectivity index (χ1v) is 7.84. The van der Waals surface area contributed by atoms with E-state index in [0.29, 0.717) is 11.8 Å². The molecule has 0 radical (unpaired) electrons. The summed E-state index contributed by atoms with van der Waals surface area (Å²) < 4.78 is 4.78. The number of rotatable bonds is 5. The molecular formula is C16H23IO3. The summed E-state index contributed by atoms with van der Waals surface area (Å²) in [6.45, 7) is 8.75. The van der Waals surface area contributed by atoms with E-state index < -0.39 is 5.97 Å². The molecule has 0 aliphatic heterocycles. The normalized spacial score (nSPS) is 13.3. The number of phenolic OH excluding ortho intramolecular Hbond substituents is 1. The molecule has 0 bridgehead atoms. The van der Waals surface area contributed by atoms with Crippen LogP contribution in [0.15, 0.2) is 18.2 Å². The maximum atomic E-state index is 11.7. The lowest BCUT2D eigenvalue weighted by molar-refractivity contribution is 0.0597. The number of ether oxygens (including phenoxy) is 1. The monoisotopic (exact) mass is 390 g/mol. The highest BCUT2D eigenvalue weighted by Gasteiger charge is 2.29. The van der Waals surface area contributed by atoms with Crippen LogP contribution in [0.5, 0.6) is 5.75 Å². The molecule has 0 aliphatic rings. The molecule has 3 nitrogen and oxygen atoms in total. The van der Waals surface area contributed by atoms with Gasteiger partial charge in [-0.1, -0.05) is 56.4 Å². The van der Waals surface area contributed by atoms with Crippen molar-refractivity contribution in [1.82, 2.24) is 0 Å². The molecular weight excluding hydrogens is 367 g/mol. The Morgan fingerprint density at radius 1 is 1.40 bits per heavy atom. The molecule has 0 aromatic heterocycles. The second kappa shape index (κ2) is 6.78. The third kappa shape index (κ3) is 4.36. The zero-order chi connectivity index (χ0) is 15.5. The van der Waals surface area contributed by atoms with E-state index in [4.69, 9.17) is 4.74 Å². The fraction of sp³-hybridized carbons (Fsp3) is 0.562. The minimum absolute atomic E-state index is 0.0323. The van der Waals surface area contributed by atoms with Gasteiger partial charge >= 0.3 is 5.97 Å². The van der Waals surface area contributed by atoms with Crippen LogP contribution >= 0.6 is 22.6 Å². The number of aromatic hydroxyl groups is 1. The van der Waals surface area contributed by atoms with Crippen LogP contribution in [0.25, 0.3) is 0 Å². The first kappa shape index (κ1) is 17.3. The number of carbonyl (C=O) groups is 1. The first-order valence-electron chi connectivity index (χ1n) is 6.77. The van der Waals surface area contributed by atoms with Crippen LogP contribution in [0.3, 0.4) is 0 Å². The Balaban J connectivity index is 3.24. The highest BCUT2D eigenvalue weighted by Crippen LogP contribution is 2.41. The minimum Gasteiger partial charge on any atom is -0.507 e. The van der Waals surface area contributed by atoms with Crippen molar-refractivity contribution in [3.05, 3.63) is 29.3 Å². The molecule has 0 spiro atoms. The molecule has 112 valence electrons. The second-order valence-corrected chi connectivity index (χ2v) is 8.80. The molecule has 0 heterocycles. The number of alkyl halides is 1. The van der Waals surface area contributed by atoms with Gasteiger partial charge in [0.15, 0.2) is 0 Å². The van der Waals surface area contributed by atoms with E-state index in [1.165, 1.54) is 7.11 Å². The van der Waals surface area contributed by atoms with Crippen LogP contribution < -0.4 is 0 Å². The van der Waals surface area contributed by atoms with Gasteiger partial charge in [0.05, 0.1) is 7.11 Å². The Labute approximate surface area is 134 Å². The molecule has 1 N–H and O–H groups in total. The van der Waals surface area contributed by atoms with Crippen LogP contribution in [0, 0.1) is 5.92 Å². The van der Waals surface area contributed by atoms with Crippen LogP contribution in [0.4, 0.5) is 0 Å². The summed E-state index contributed by atoms with van der Waals surface area (Å²) in [5, 5.41) is 9.80. The van der Waals surface area contributed by atoms with Crippen molar-refractivity contribution in [1.29, 1.82) is 0 Å². The average Bonchev–Trinajstić information content (AvgIpc) is 2.34. The Kier molecular flexibility index (Phi) is 5.86. The highest BCUT2D eigenvalue weighted by molar-refractivity contribution is 14.1. The zero-order valence-electron chi connectivity index (χ0n) is 12.7. The van der Waals surface area contributed by atoms with Crippen molar-refractivity contribution in [2.45, 2.75) is 43.5 Å². The smallest absolute Gasteiger partial charge is 0.341 e. The summed E-state index contributed by atoms with van der Waals surface area (Å²) in [6.07, 6.45) is 1.03.